The van der Waals surface area contributed by atoms with E-state index in [0.29, 0.717) is 5.69 Å². The molecular weight excluding hydrogens is 380 g/mol. The zero-order valence-corrected chi connectivity index (χ0v) is 17.4. The second-order valence-corrected chi connectivity index (χ2v) is 7.23. The molecule has 6 nitrogen and oxygen atoms in total. The molecular formula is C24H24N2O4. The van der Waals surface area contributed by atoms with E-state index in [1.165, 1.54) is 4.90 Å². The first kappa shape index (κ1) is 19.6. The molecule has 0 saturated heterocycles. The third-order valence-electron chi connectivity index (χ3n) is 5.11. The third kappa shape index (κ3) is 3.52. The second kappa shape index (κ2) is 7.99. The molecule has 1 unspecified atom stereocenters. The van der Waals surface area contributed by atoms with Gasteiger partial charge in [0.15, 0.2) is 0 Å². The summed E-state index contributed by atoms with van der Waals surface area (Å²) in [5.41, 5.74) is 4.50. The zero-order valence-electron chi connectivity index (χ0n) is 17.4. The molecule has 30 heavy (non-hydrogen) atoms. The highest BCUT2D eigenvalue weighted by Gasteiger charge is 2.30. The Labute approximate surface area is 176 Å². The van der Waals surface area contributed by atoms with Crippen LogP contribution in [0.1, 0.15) is 17.2 Å². The Bertz CT molecular complexity index is 1090. The first-order valence-corrected chi connectivity index (χ1v) is 9.62. The number of urea groups is 1. The highest BCUT2D eigenvalue weighted by Crippen LogP contribution is 2.49. The number of benzene rings is 3. The summed E-state index contributed by atoms with van der Waals surface area (Å²) in [6, 6.07) is 19.2. The van der Waals surface area contributed by atoms with Crippen molar-refractivity contribution in [1.82, 2.24) is 4.90 Å². The number of ether oxygens (including phenoxy) is 3. The summed E-state index contributed by atoms with van der Waals surface area (Å²) in [7, 11) is 6.70. The number of rotatable bonds is 4. The topological polar surface area (TPSA) is 60.0 Å². The summed E-state index contributed by atoms with van der Waals surface area (Å²) >= 11 is 0. The molecule has 3 aromatic rings. The fraction of sp³-hybridized carbons (Fsp3) is 0.208. The summed E-state index contributed by atoms with van der Waals surface area (Å²) < 4.78 is 17.4. The van der Waals surface area contributed by atoms with Crippen LogP contribution in [-0.4, -0.2) is 39.2 Å². The highest BCUT2D eigenvalue weighted by molar-refractivity contribution is 5.90. The second-order valence-electron chi connectivity index (χ2n) is 7.23. The van der Waals surface area contributed by atoms with Crippen LogP contribution in [0.25, 0.3) is 11.1 Å². The summed E-state index contributed by atoms with van der Waals surface area (Å²) in [4.78, 5) is 13.7. The van der Waals surface area contributed by atoms with E-state index in [2.05, 4.69) is 5.32 Å². The largest absolute Gasteiger partial charge is 0.497 e. The molecule has 0 fully saturated rings. The lowest BCUT2D eigenvalue weighted by atomic mass is 9.88. The van der Waals surface area contributed by atoms with Crippen molar-refractivity contribution in [1.29, 1.82) is 0 Å². The smallest absolute Gasteiger partial charge is 0.321 e. The van der Waals surface area contributed by atoms with Crippen molar-refractivity contribution in [2.45, 2.75) is 6.10 Å². The number of hydrogen-bond donors (Lipinski definition) is 1. The van der Waals surface area contributed by atoms with Crippen LogP contribution in [0.4, 0.5) is 10.5 Å². The quantitative estimate of drug-likeness (QED) is 0.669. The van der Waals surface area contributed by atoms with Gasteiger partial charge in [-0.15, -0.1) is 0 Å². The van der Waals surface area contributed by atoms with E-state index >= 15 is 0 Å². The molecule has 1 atom stereocenters. The van der Waals surface area contributed by atoms with Crippen LogP contribution >= 0.6 is 0 Å². The lowest BCUT2D eigenvalue weighted by Crippen LogP contribution is -2.27. The van der Waals surface area contributed by atoms with Gasteiger partial charge in [-0.05, 0) is 42.0 Å². The van der Waals surface area contributed by atoms with Crippen LogP contribution in [-0.2, 0) is 0 Å². The molecule has 6 heteroatoms. The Morgan fingerprint density at radius 2 is 1.80 bits per heavy atom. The Morgan fingerprint density at radius 3 is 2.53 bits per heavy atom. The standard InChI is InChI=1S/C24H24N2O4/c1-26(2)24(27)25-16-11-12-18-19(14-16)23(15-7-5-8-17(13-15)28-3)30-21-10-6-9-20(29-4)22(18)21/h5-14,23H,1-4H3,(H,25,27). The SMILES string of the molecule is COc1cccc(C2Oc3cccc(OC)c3-c3ccc(NC(=O)N(C)C)cc32)c1. The summed E-state index contributed by atoms with van der Waals surface area (Å²) in [6.07, 6.45) is -0.356. The van der Waals surface area contributed by atoms with Gasteiger partial charge >= 0.3 is 6.03 Å². The fourth-order valence-electron chi connectivity index (χ4n) is 3.61. The van der Waals surface area contributed by atoms with Gasteiger partial charge in [0, 0.05) is 30.9 Å². The van der Waals surface area contributed by atoms with Crippen molar-refractivity contribution in [3.8, 4) is 28.4 Å². The van der Waals surface area contributed by atoms with Crippen molar-refractivity contribution >= 4 is 11.7 Å². The maximum Gasteiger partial charge on any atom is 0.321 e. The minimum absolute atomic E-state index is 0.192. The van der Waals surface area contributed by atoms with E-state index in [9.17, 15) is 4.79 Å². The van der Waals surface area contributed by atoms with Crippen molar-refractivity contribution < 1.29 is 19.0 Å². The lowest BCUT2D eigenvalue weighted by Gasteiger charge is -2.30. The molecule has 154 valence electrons. The van der Waals surface area contributed by atoms with Crippen LogP contribution in [0.2, 0.25) is 0 Å². The lowest BCUT2D eigenvalue weighted by molar-refractivity contribution is 0.230. The highest BCUT2D eigenvalue weighted by atomic mass is 16.5. The van der Waals surface area contributed by atoms with Gasteiger partial charge in [0.05, 0.1) is 19.8 Å². The van der Waals surface area contributed by atoms with Gasteiger partial charge in [-0.25, -0.2) is 4.79 Å². The van der Waals surface area contributed by atoms with Crippen LogP contribution < -0.4 is 19.5 Å². The Morgan fingerprint density at radius 1 is 1.00 bits per heavy atom. The van der Waals surface area contributed by atoms with Gasteiger partial charge in [0.1, 0.15) is 23.4 Å². The first-order valence-electron chi connectivity index (χ1n) is 9.62. The van der Waals surface area contributed by atoms with Crippen molar-refractivity contribution in [2.24, 2.45) is 0 Å². The molecule has 1 N–H and O–H groups in total. The molecule has 3 aromatic carbocycles. The van der Waals surface area contributed by atoms with Gasteiger partial charge < -0.3 is 24.4 Å². The molecule has 0 aliphatic carbocycles. The van der Waals surface area contributed by atoms with Crippen molar-refractivity contribution in [2.75, 3.05) is 33.6 Å². The third-order valence-corrected chi connectivity index (χ3v) is 5.11. The molecule has 1 heterocycles. The van der Waals surface area contributed by atoms with Crippen LogP contribution in [0.3, 0.4) is 0 Å². The minimum atomic E-state index is -0.356. The number of hydrogen-bond acceptors (Lipinski definition) is 4. The molecule has 0 aromatic heterocycles. The number of nitrogens with zero attached hydrogens (tertiary/aromatic N) is 1. The number of methoxy groups -OCH3 is 2. The van der Waals surface area contributed by atoms with Crippen LogP contribution in [0.5, 0.6) is 17.2 Å². The average Bonchev–Trinajstić information content (AvgIpc) is 2.77. The molecule has 0 spiro atoms. The molecule has 4 rings (SSSR count). The van der Waals surface area contributed by atoms with Gasteiger partial charge in [-0.3, -0.25) is 0 Å². The van der Waals surface area contributed by atoms with Gasteiger partial charge in [0.2, 0.25) is 0 Å². The molecule has 0 radical (unpaired) electrons. The predicted molar refractivity (Wildman–Crippen MR) is 117 cm³/mol. The maximum absolute atomic E-state index is 12.2. The summed E-state index contributed by atoms with van der Waals surface area (Å²) in [6.45, 7) is 0. The van der Waals surface area contributed by atoms with E-state index in [4.69, 9.17) is 14.2 Å². The predicted octanol–water partition coefficient (Wildman–Crippen LogP) is 4.95. The average molecular weight is 404 g/mol. The molecule has 1 aliphatic heterocycles. The van der Waals surface area contributed by atoms with E-state index in [1.54, 1.807) is 28.3 Å². The Hall–Kier alpha value is -3.67. The number of amides is 2. The zero-order chi connectivity index (χ0) is 21.3. The van der Waals surface area contributed by atoms with Gasteiger partial charge in [-0.2, -0.15) is 0 Å². The first-order chi connectivity index (χ1) is 14.5. The van der Waals surface area contributed by atoms with E-state index < -0.39 is 0 Å². The van der Waals surface area contributed by atoms with Gasteiger partial charge in [-0.1, -0.05) is 24.3 Å². The van der Waals surface area contributed by atoms with Crippen LogP contribution in [0, 0.1) is 0 Å². The Balaban J connectivity index is 1.87. The van der Waals surface area contributed by atoms with Crippen molar-refractivity contribution in [3.63, 3.8) is 0 Å². The maximum atomic E-state index is 12.2. The van der Waals surface area contributed by atoms with E-state index in [-0.39, 0.29) is 12.1 Å². The number of nitrogens with one attached hydrogen (secondary N) is 1. The molecule has 2 amide bonds. The number of carbonyl (C=O) groups is 1. The van der Waals surface area contributed by atoms with E-state index in [0.717, 1.165) is 39.5 Å². The van der Waals surface area contributed by atoms with Crippen molar-refractivity contribution in [3.05, 3.63) is 71.8 Å². The summed E-state index contributed by atoms with van der Waals surface area (Å²) in [5, 5.41) is 2.91. The van der Waals surface area contributed by atoms with Crippen LogP contribution in [0.15, 0.2) is 60.7 Å². The fourth-order valence-corrected chi connectivity index (χ4v) is 3.61. The number of fused-ring (bicyclic) bond motifs is 3. The molecule has 0 saturated carbocycles. The van der Waals surface area contributed by atoms with Gasteiger partial charge in [0.25, 0.3) is 0 Å². The van der Waals surface area contributed by atoms with E-state index in [1.807, 2.05) is 60.7 Å². The molecule has 1 aliphatic rings. The monoisotopic (exact) mass is 404 g/mol. The molecule has 0 bridgehead atoms. The summed E-state index contributed by atoms with van der Waals surface area (Å²) in [5.74, 6) is 2.24. The normalized spacial score (nSPS) is 14.1. The number of anilines is 1. The number of carbonyl (C=O) groups excluding carboxylic acids is 1. The minimum Gasteiger partial charge on any atom is -0.497 e. The Kier molecular flexibility index (Phi) is 5.23.